The van der Waals surface area contributed by atoms with E-state index in [-0.39, 0.29) is 23.8 Å². The number of nitrogens with zero attached hydrogens (tertiary/aromatic N) is 3. The summed E-state index contributed by atoms with van der Waals surface area (Å²) in [5.41, 5.74) is 4.85. The van der Waals surface area contributed by atoms with Crippen molar-refractivity contribution in [2.24, 2.45) is 22.1 Å². The highest BCUT2D eigenvalue weighted by atomic mass is 19.1. The fourth-order valence-corrected chi connectivity index (χ4v) is 4.06. The normalized spacial score (nSPS) is 30.0. The molecule has 6 nitrogen and oxygen atoms in total. The minimum atomic E-state index is -1.15. The summed E-state index contributed by atoms with van der Waals surface area (Å²) in [6.07, 6.45) is 2.77. The number of nitriles is 1. The second kappa shape index (κ2) is 6.52. The molecule has 3 rings (SSSR count). The maximum absolute atomic E-state index is 14.8. The zero-order valence-electron chi connectivity index (χ0n) is 16.2. The van der Waals surface area contributed by atoms with Gasteiger partial charge in [-0.25, -0.2) is 9.38 Å². The predicted molar refractivity (Wildman–Crippen MR) is 102 cm³/mol. The Morgan fingerprint density at radius 3 is 2.74 bits per heavy atom. The maximum atomic E-state index is 14.8. The molecule has 1 amide bonds. The van der Waals surface area contributed by atoms with Crippen LogP contribution in [0.15, 0.2) is 23.2 Å². The second-order valence-corrected chi connectivity index (χ2v) is 8.14. The van der Waals surface area contributed by atoms with Crippen LogP contribution in [0.25, 0.3) is 0 Å². The molecule has 3 N–H and O–H groups in total. The molecule has 1 aromatic rings. The van der Waals surface area contributed by atoms with Crippen molar-refractivity contribution in [3.05, 3.63) is 29.6 Å². The number of carbonyl (C=O) groups excluding carboxylic acids is 1. The standard InChI is InChI=1S/C20H26FN5O/c1-19(2)17(27)26(4)18(23)25-20(19,3)14-10-13(8-9-15(14)21)24-16-7-5-6-12(16)11-22/h8-10,12,16,24H,5-7H2,1-4H3,(H2,23,25)/t12?,16?,20-/m0/s1. The molecule has 144 valence electrons. The first-order valence-electron chi connectivity index (χ1n) is 9.21. The molecule has 1 aromatic carbocycles. The first-order valence-corrected chi connectivity index (χ1v) is 9.21. The van der Waals surface area contributed by atoms with Crippen LogP contribution in [0, 0.1) is 28.5 Å². The van der Waals surface area contributed by atoms with Crippen molar-refractivity contribution in [3.8, 4) is 6.07 Å². The molecule has 2 aliphatic rings. The van der Waals surface area contributed by atoms with E-state index in [1.165, 1.54) is 11.0 Å². The minimum Gasteiger partial charge on any atom is -0.381 e. The summed E-state index contributed by atoms with van der Waals surface area (Å²) >= 11 is 0. The molecule has 0 saturated heterocycles. The van der Waals surface area contributed by atoms with E-state index in [9.17, 15) is 14.4 Å². The molecule has 0 bridgehead atoms. The topological polar surface area (TPSA) is 94.5 Å². The number of hydrogen-bond acceptors (Lipinski definition) is 5. The van der Waals surface area contributed by atoms with Gasteiger partial charge < -0.3 is 11.1 Å². The van der Waals surface area contributed by atoms with Crippen LogP contribution in [0.3, 0.4) is 0 Å². The first kappa shape index (κ1) is 19.2. The lowest BCUT2D eigenvalue weighted by Crippen LogP contribution is -2.58. The fourth-order valence-electron chi connectivity index (χ4n) is 4.06. The highest BCUT2D eigenvalue weighted by Gasteiger charge is 2.53. The van der Waals surface area contributed by atoms with Crippen molar-refractivity contribution in [2.45, 2.75) is 51.6 Å². The lowest BCUT2D eigenvalue weighted by atomic mass is 9.67. The van der Waals surface area contributed by atoms with Gasteiger partial charge >= 0.3 is 0 Å². The second-order valence-electron chi connectivity index (χ2n) is 8.14. The van der Waals surface area contributed by atoms with Crippen LogP contribution in [-0.2, 0) is 10.3 Å². The number of amides is 1. The van der Waals surface area contributed by atoms with E-state index >= 15 is 0 Å². The van der Waals surface area contributed by atoms with Gasteiger partial charge in [-0.1, -0.05) is 0 Å². The Kier molecular flexibility index (Phi) is 4.62. The quantitative estimate of drug-likeness (QED) is 0.854. The van der Waals surface area contributed by atoms with Crippen LogP contribution >= 0.6 is 0 Å². The molecule has 0 spiro atoms. The van der Waals surface area contributed by atoms with Gasteiger partial charge in [-0.15, -0.1) is 0 Å². The van der Waals surface area contributed by atoms with Gasteiger partial charge in [-0.2, -0.15) is 5.26 Å². The molecule has 3 atom stereocenters. The smallest absolute Gasteiger partial charge is 0.237 e. The Hall–Kier alpha value is -2.62. The number of guanidine groups is 1. The van der Waals surface area contributed by atoms with Gasteiger partial charge in [-0.3, -0.25) is 9.69 Å². The zero-order chi connectivity index (χ0) is 20.0. The monoisotopic (exact) mass is 371 g/mol. The van der Waals surface area contributed by atoms with E-state index < -0.39 is 16.8 Å². The molecular formula is C20H26FN5O. The highest BCUT2D eigenvalue weighted by molar-refractivity contribution is 6.01. The largest absolute Gasteiger partial charge is 0.381 e. The van der Waals surface area contributed by atoms with Gasteiger partial charge in [0.15, 0.2) is 5.96 Å². The van der Waals surface area contributed by atoms with Crippen molar-refractivity contribution in [1.82, 2.24) is 4.90 Å². The van der Waals surface area contributed by atoms with Gasteiger partial charge in [0.1, 0.15) is 11.4 Å². The summed E-state index contributed by atoms with van der Waals surface area (Å²) in [6, 6.07) is 7.11. The van der Waals surface area contributed by atoms with Crippen molar-refractivity contribution in [2.75, 3.05) is 12.4 Å². The summed E-state index contributed by atoms with van der Waals surface area (Å²) in [7, 11) is 1.57. The van der Waals surface area contributed by atoms with Crippen molar-refractivity contribution in [3.63, 3.8) is 0 Å². The summed E-state index contributed by atoms with van der Waals surface area (Å²) in [5, 5.41) is 12.6. The minimum absolute atomic E-state index is 0.0434. The van der Waals surface area contributed by atoms with E-state index in [0.29, 0.717) is 5.56 Å². The van der Waals surface area contributed by atoms with Crippen LogP contribution in [0.4, 0.5) is 10.1 Å². The van der Waals surface area contributed by atoms with Gasteiger partial charge in [0.2, 0.25) is 5.91 Å². The lowest BCUT2D eigenvalue weighted by molar-refractivity contribution is -0.140. The summed E-state index contributed by atoms with van der Waals surface area (Å²) in [4.78, 5) is 18.6. The Balaban J connectivity index is 2.03. The summed E-state index contributed by atoms with van der Waals surface area (Å²) in [5.74, 6) is -0.632. The number of nitrogens with two attached hydrogens (primary N) is 1. The molecule has 1 saturated carbocycles. The molecule has 27 heavy (non-hydrogen) atoms. The molecule has 0 radical (unpaired) electrons. The number of anilines is 1. The molecule has 2 unspecified atom stereocenters. The predicted octanol–water partition coefficient (Wildman–Crippen LogP) is 2.96. The van der Waals surface area contributed by atoms with Crippen molar-refractivity contribution < 1.29 is 9.18 Å². The number of benzene rings is 1. The third kappa shape index (κ3) is 2.93. The SMILES string of the molecule is CN1C(=O)C(C)(C)[C@](C)(c2cc(NC3CCCC3C#N)ccc2F)N=C1N. The van der Waals surface area contributed by atoms with Gasteiger partial charge in [0, 0.05) is 24.3 Å². The Morgan fingerprint density at radius 1 is 1.37 bits per heavy atom. The number of nitrogens with one attached hydrogen (secondary N) is 1. The van der Waals surface area contributed by atoms with Crippen molar-refractivity contribution in [1.29, 1.82) is 5.26 Å². The molecule has 1 aliphatic carbocycles. The van der Waals surface area contributed by atoms with E-state index in [1.54, 1.807) is 40.0 Å². The fraction of sp³-hybridized carbons (Fsp3) is 0.550. The van der Waals surface area contributed by atoms with Gasteiger partial charge in [-0.05, 0) is 58.2 Å². The molecule has 7 heteroatoms. The van der Waals surface area contributed by atoms with Crippen LogP contribution in [-0.4, -0.2) is 29.9 Å². The summed E-state index contributed by atoms with van der Waals surface area (Å²) < 4.78 is 14.8. The zero-order valence-corrected chi connectivity index (χ0v) is 16.2. The van der Waals surface area contributed by atoms with E-state index in [4.69, 9.17) is 5.73 Å². The molecule has 1 aliphatic heterocycles. The number of aliphatic imine (C=N–C) groups is 1. The Bertz CT molecular complexity index is 843. The molecular weight excluding hydrogens is 345 g/mol. The third-order valence-electron chi connectivity index (χ3n) is 6.26. The van der Waals surface area contributed by atoms with Crippen LogP contribution in [0.5, 0.6) is 0 Å². The molecule has 1 fully saturated rings. The number of rotatable bonds is 3. The summed E-state index contributed by atoms with van der Waals surface area (Å²) in [6.45, 7) is 5.24. The van der Waals surface area contributed by atoms with E-state index in [0.717, 1.165) is 24.9 Å². The molecule has 0 aromatic heterocycles. The number of halogens is 1. The van der Waals surface area contributed by atoms with E-state index in [1.807, 2.05) is 0 Å². The highest BCUT2D eigenvalue weighted by Crippen LogP contribution is 2.47. The average Bonchev–Trinajstić information content (AvgIpc) is 3.07. The van der Waals surface area contributed by atoms with Crippen molar-refractivity contribution >= 4 is 17.6 Å². The molecule has 1 heterocycles. The van der Waals surface area contributed by atoms with Crippen LogP contribution in [0.2, 0.25) is 0 Å². The van der Waals surface area contributed by atoms with Crippen LogP contribution < -0.4 is 11.1 Å². The first-order chi connectivity index (χ1) is 12.6. The Morgan fingerprint density at radius 2 is 2.07 bits per heavy atom. The number of hydrogen-bond donors (Lipinski definition) is 2. The van der Waals surface area contributed by atoms with Gasteiger partial charge in [0.25, 0.3) is 0 Å². The van der Waals surface area contributed by atoms with Crippen LogP contribution in [0.1, 0.15) is 45.6 Å². The Labute approximate surface area is 159 Å². The van der Waals surface area contributed by atoms with E-state index in [2.05, 4.69) is 16.4 Å². The maximum Gasteiger partial charge on any atom is 0.237 e. The third-order valence-corrected chi connectivity index (χ3v) is 6.26. The number of carbonyl (C=O) groups is 1. The lowest BCUT2D eigenvalue weighted by Gasteiger charge is -2.46. The average molecular weight is 371 g/mol. The van der Waals surface area contributed by atoms with Gasteiger partial charge in [0.05, 0.1) is 17.4 Å².